The molecule has 1 N–H and O–H groups in total. The standard InChI is InChI=1S/C13H22N6/c1-10-15-12(17(2)3)19(5)13(16-10)18(4)9-11-6-7-14-8-11/h6-8,10,14H,9H2,1-5H3. The van der Waals surface area contributed by atoms with E-state index in [1.54, 1.807) is 0 Å². The number of guanidine groups is 2. The summed E-state index contributed by atoms with van der Waals surface area (Å²) in [5.74, 6) is 1.87. The second-order valence-electron chi connectivity index (χ2n) is 5.02. The number of hydrogen-bond donors (Lipinski definition) is 1. The zero-order valence-electron chi connectivity index (χ0n) is 12.3. The molecule has 1 aliphatic rings. The molecule has 6 heteroatoms. The molecule has 1 aromatic rings. The smallest absolute Gasteiger partial charge is 0.205 e. The Balaban J connectivity index is 2.15. The Kier molecular flexibility index (Phi) is 3.78. The van der Waals surface area contributed by atoms with Crippen LogP contribution in [0.4, 0.5) is 0 Å². The molecule has 0 saturated carbocycles. The molecule has 2 heterocycles. The molecule has 6 nitrogen and oxygen atoms in total. The van der Waals surface area contributed by atoms with Crippen molar-refractivity contribution in [1.29, 1.82) is 0 Å². The average molecular weight is 262 g/mol. The van der Waals surface area contributed by atoms with Gasteiger partial charge in [-0.25, -0.2) is 9.98 Å². The maximum absolute atomic E-state index is 4.62. The van der Waals surface area contributed by atoms with Crippen molar-refractivity contribution < 1.29 is 0 Å². The first kappa shape index (κ1) is 13.5. The van der Waals surface area contributed by atoms with Gasteiger partial charge in [-0.05, 0) is 18.6 Å². The first-order valence-electron chi connectivity index (χ1n) is 6.38. The maximum atomic E-state index is 4.62. The minimum Gasteiger partial charge on any atom is -0.367 e. The van der Waals surface area contributed by atoms with Crippen LogP contribution in [0.1, 0.15) is 12.5 Å². The molecular formula is C13H22N6. The fourth-order valence-electron chi connectivity index (χ4n) is 2.20. The zero-order chi connectivity index (χ0) is 14.0. The van der Waals surface area contributed by atoms with Crippen molar-refractivity contribution in [3.8, 4) is 0 Å². The molecule has 0 fully saturated rings. The number of nitrogens with zero attached hydrogens (tertiary/aromatic N) is 5. The van der Waals surface area contributed by atoms with E-state index in [0.29, 0.717) is 0 Å². The summed E-state index contributed by atoms with van der Waals surface area (Å²) in [6.45, 7) is 2.82. The molecule has 19 heavy (non-hydrogen) atoms. The van der Waals surface area contributed by atoms with Crippen molar-refractivity contribution in [1.82, 2.24) is 19.7 Å². The number of H-pyrrole nitrogens is 1. The molecular weight excluding hydrogens is 240 g/mol. The third-order valence-corrected chi connectivity index (χ3v) is 3.03. The summed E-state index contributed by atoms with van der Waals surface area (Å²) < 4.78 is 0. The fraction of sp³-hybridized carbons (Fsp3) is 0.538. The van der Waals surface area contributed by atoms with Crippen LogP contribution in [0.2, 0.25) is 0 Å². The van der Waals surface area contributed by atoms with Gasteiger partial charge in [-0.2, -0.15) is 0 Å². The molecule has 0 saturated heterocycles. The van der Waals surface area contributed by atoms with Crippen molar-refractivity contribution in [2.24, 2.45) is 9.98 Å². The largest absolute Gasteiger partial charge is 0.367 e. The molecule has 1 aliphatic heterocycles. The lowest BCUT2D eigenvalue weighted by molar-refractivity contribution is 0.405. The average Bonchev–Trinajstić information content (AvgIpc) is 2.84. The summed E-state index contributed by atoms with van der Waals surface area (Å²) in [6.07, 6.45) is 3.90. The molecule has 0 amide bonds. The first-order chi connectivity index (χ1) is 8.99. The van der Waals surface area contributed by atoms with Gasteiger partial charge in [0.2, 0.25) is 11.9 Å². The summed E-state index contributed by atoms with van der Waals surface area (Å²) in [7, 11) is 8.04. The third-order valence-electron chi connectivity index (χ3n) is 3.03. The van der Waals surface area contributed by atoms with Crippen molar-refractivity contribution >= 4 is 11.9 Å². The second-order valence-corrected chi connectivity index (χ2v) is 5.02. The number of hydrogen-bond acceptors (Lipinski definition) is 5. The van der Waals surface area contributed by atoms with Gasteiger partial charge in [-0.15, -0.1) is 0 Å². The zero-order valence-corrected chi connectivity index (χ0v) is 12.3. The van der Waals surface area contributed by atoms with Crippen molar-refractivity contribution in [3.63, 3.8) is 0 Å². The summed E-state index contributed by atoms with van der Waals surface area (Å²) >= 11 is 0. The summed E-state index contributed by atoms with van der Waals surface area (Å²) in [4.78, 5) is 18.4. The Morgan fingerprint density at radius 2 is 1.95 bits per heavy atom. The van der Waals surface area contributed by atoms with Gasteiger partial charge in [0, 0.05) is 47.1 Å². The van der Waals surface area contributed by atoms with Gasteiger partial charge in [-0.1, -0.05) is 0 Å². The Morgan fingerprint density at radius 1 is 1.26 bits per heavy atom. The van der Waals surface area contributed by atoms with Crippen LogP contribution in [0.5, 0.6) is 0 Å². The molecule has 1 atom stereocenters. The lowest BCUT2D eigenvalue weighted by atomic mass is 10.3. The van der Waals surface area contributed by atoms with E-state index >= 15 is 0 Å². The Bertz CT molecular complexity index is 473. The number of nitrogens with one attached hydrogen (secondary N) is 1. The van der Waals surface area contributed by atoms with E-state index in [1.807, 2.05) is 57.3 Å². The highest BCUT2D eigenvalue weighted by atomic mass is 15.5. The van der Waals surface area contributed by atoms with Gasteiger partial charge in [0.05, 0.1) is 0 Å². The molecule has 2 rings (SSSR count). The van der Waals surface area contributed by atoms with E-state index in [-0.39, 0.29) is 6.17 Å². The molecule has 0 spiro atoms. The first-order valence-corrected chi connectivity index (χ1v) is 6.38. The van der Waals surface area contributed by atoms with Gasteiger partial charge in [-0.3, -0.25) is 4.90 Å². The second kappa shape index (κ2) is 5.34. The third kappa shape index (κ3) is 2.89. The van der Waals surface area contributed by atoms with Gasteiger partial charge in [0.1, 0.15) is 6.17 Å². The number of aliphatic imine (C=N–C) groups is 2. The van der Waals surface area contributed by atoms with Crippen LogP contribution in [0, 0.1) is 0 Å². The number of aromatic amines is 1. The molecule has 0 aliphatic carbocycles. The number of rotatable bonds is 2. The van der Waals surface area contributed by atoms with E-state index in [0.717, 1.165) is 18.5 Å². The molecule has 0 bridgehead atoms. The lowest BCUT2D eigenvalue weighted by Crippen LogP contribution is -2.50. The predicted octanol–water partition coefficient (Wildman–Crippen LogP) is 1.01. The van der Waals surface area contributed by atoms with Crippen LogP contribution in [-0.2, 0) is 6.54 Å². The van der Waals surface area contributed by atoms with Crippen molar-refractivity contribution in [2.75, 3.05) is 28.2 Å². The quantitative estimate of drug-likeness (QED) is 0.865. The predicted molar refractivity (Wildman–Crippen MR) is 78.0 cm³/mol. The molecule has 1 aromatic heterocycles. The fourth-order valence-corrected chi connectivity index (χ4v) is 2.20. The lowest BCUT2D eigenvalue weighted by Gasteiger charge is -2.35. The van der Waals surface area contributed by atoms with Crippen molar-refractivity contribution in [3.05, 3.63) is 24.0 Å². The highest BCUT2D eigenvalue weighted by Crippen LogP contribution is 2.12. The number of aromatic nitrogens is 1. The van der Waals surface area contributed by atoms with E-state index in [1.165, 1.54) is 5.56 Å². The minimum absolute atomic E-state index is 0.0442. The van der Waals surface area contributed by atoms with Crippen LogP contribution in [0.25, 0.3) is 0 Å². The van der Waals surface area contributed by atoms with Crippen LogP contribution in [-0.4, -0.2) is 66.0 Å². The summed E-state index contributed by atoms with van der Waals surface area (Å²) in [5, 5.41) is 0. The molecule has 104 valence electrons. The van der Waals surface area contributed by atoms with E-state index < -0.39 is 0 Å². The minimum atomic E-state index is -0.0442. The highest BCUT2D eigenvalue weighted by Gasteiger charge is 2.24. The van der Waals surface area contributed by atoms with Crippen molar-refractivity contribution in [2.45, 2.75) is 19.6 Å². The Hall–Kier alpha value is -1.98. The molecule has 0 aromatic carbocycles. The van der Waals surface area contributed by atoms with E-state index in [9.17, 15) is 0 Å². The van der Waals surface area contributed by atoms with Gasteiger partial charge in [0.15, 0.2) is 0 Å². The SMILES string of the molecule is CC1N=C(N(C)C)N(C)C(N(C)Cc2cc[nH]c2)=N1. The van der Waals surface area contributed by atoms with Crippen LogP contribution < -0.4 is 0 Å². The topological polar surface area (TPSA) is 50.2 Å². The van der Waals surface area contributed by atoms with Crippen LogP contribution in [0.3, 0.4) is 0 Å². The summed E-state index contributed by atoms with van der Waals surface area (Å²) in [5.41, 5.74) is 1.24. The highest BCUT2D eigenvalue weighted by molar-refractivity contribution is 5.99. The van der Waals surface area contributed by atoms with Gasteiger partial charge < -0.3 is 14.8 Å². The molecule has 0 radical (unpaired) electrons. The molecule has 1 unspecified atom stereocenters. The normalized spacial score (nSPS) is 19.0. The van der Waals surface area contributed by atoms with Crippen LogP contribution >= 0.6 is 0 Å². The van der Waals surface area contributed by atoms with Crippen LogP contribution in [0.15, 0.2) is 28.4 Å². The maximum Gasteiger partial charge on any atom is 0.205 e. The Labute approximate surface area is 114 Å². The van der Waals surface area contributed by atoms with Gasteiger partial charge in [0.25, 0.3) is 0 Å². The van der Waals surface area contributed by atoms with E-state index in [4.69, 9.17) is 0 Å². The monoisotopic (exact) mass is 262 g/mol. The summed E-state index contributed by atoms with van der Waals surface area (Å²) in [6, 6.07) is 2.07. The Morgan fingerprint density at radius 3 is 2.53 bits per heavy atom. The van der Waals surface area contributed by atoms with E-state index in [2.05, 4.69) is 25.9 Å². The van der Waals surface area contributed by atoms with Gasteiger partial charge >= 0.3 is 0 Å².